The zero-order valence-electron chi connectivity index (χ0n) is 9.29. The van der Waals surface area contributed by atoms with Crippen molar-refractivity contribution < 1.29 is 9.53 Å². The van der Waals surface area contributed by atoms with Crippen LogP contribution in [0.15, 0.2) is 36.0 Å². The van der Waals surface area contributed by atoms with E-state index < -0.39 is 0 Å². The lowest BCUT2D eigenvalue weighted by atomic mass is 10.3. The predicted molar refractivity (Wildman–Crippen MR) is 73.2 cm³/mol. The molecule has 0 aliphatic heterocycles. The van der Waals surface area contributed by atoms with Crippen molar-refractivity contribution in [1.82, 2.24) is 0 Å². The van der Waals surface area contributed by atoms with Crippen molar-refractivity contribution in [2.75, 3.05) is 11.9 Å². The molecule has 0 atom stereocenters. The Kier molecular flexibility index (Phi) is 5.31. The van der Waals surface area contributed by atoms with Crippen molar-refractivity contribution in [1.29, 1.82) is 0 Å². The summed E-state index contributed by atoms with van der Waals surface area (Å²) in [6.45, 7) is 4.01. The summed E-state index contributed by atoms with van der Waals surface area (Å²) in [5.41, 5.74) is 1.75. The van der Waals surface area contributed by atoms with Crippen molar-refractivity contribution in [3.05, 3.63) is 39.6 Å². The molecule has 4 heteroatoms. The molecule has 1 aromatic carbocycles. The van der Waals surface area contributed by atoms with E-state index in [0.717, 1.165) is 15.0 Å². The van der Waals surface area contributed by atoms with Crippen LogP contribution in [0.25, 0.3) is 0 Å². The molecule has 16 heavy (non-hydrogen) atoms. The van der Waals surface area contributed by atoms with Gasteiger partial charge in [0.15, 0.2) is 0 Å². The smallest absolute Gasteiger partial charge is 0.332 e. The molecule has 1 aromatic rings. The molecule has 3 nitrogen and oxygen atoms in total. The summed E-state index contributed by atoms with van der Waals surface area (Å²) in [5.74, 6) is -0.321. The molecule has 0 radical (unpaired) electrons. The van der Waals surface area contributed by atoms with E-state index in [-0.39, 0.29) is 5.97 Å². The molecule has 0 aromatic heterocycles. The Bertz CT molecular complexity index is 402. The molecule has 0 aliphatic rings. The molecule has 0 spiro atoms. The Labute approximate surface area is 109 Å². The largest absolute Gasteiger partial charge is 0.463 e. The summed E-state index contributed by atoms with van der Waals surface area (Å²) in [7, 11) is 0. The number of nitrogens with one attached hydrogen (secondary N) is 1. The monoisotopic (exact) mass is 331 g/mol. The van der Waals surface area contributed by atoms with E-state index in [1.165, 1.54) is 6.08 Å². The minimum atomic E-state index is -0.321. The second kappa shape index (κ2) is 6.52. The third kappa shape index (κ3) is 4.22. The molecule has 1 rings (SSSR count). The van der Waals surface area contributed by atoms with E-state index >= 15 is 0 Å². The molecule has 0 unspecified atom stereocenters. The highest BCUT2D eigenvalue weighted by Gasteiger charge is 2.00. The van der Waals surface area contributed by atoms with E-state index in [2.05, 4.69) is 27.9 Å². The highest BCUT2D eigenvalue weighted by molar-refractivity contribution is 14.1. The molecule has 0 amide bonds. The third-order valence-corrected chi connectivity index (χ3v) is 2.77. The maximum absolute atomic E-state index is 11.2. The molecule has 0 saturated carbocycles. The number of benzene rings is 1. The van der Waals surface area contributed by atoms with Gasteiger partial charge < -0.3 is 10.1 Å². The Morgan fingerprint density at radius 3 is 2.81 bits per heavy atom. The van der Waals surface area contributed by atoms with Gasteiger partial charge in [0, 0.05) is 15.3 Å². The fourth-order valence-electron chi connectivity index (χ4n) is 1.17. The lowest BCUT2D eigenvalue weighted by Crippen LogP contribution is -2.04. The van der Waals surface area contributed by atoms with Crippen LogP contribution in [0.2, 0.25) is 0 Å². The minimum Gasteiger partial charge on any atom is -0.463 e. The maximum atomic E-state index is 11.2. The Hall–Kier alpha value is -1.04. The normalized spacial score (nSPS) is 11.1. The minimum absolute atomic E-state index is 0.321. The van der Waals surface area contributed by atoms with Gasteiger partial charge >= 0.3 is 5.97 Å². The van der Waals surface area contributed by atoms with Crippen molar-refractivity contribution in [2.45, 2.75) is 13.8 Å². The van der Waals surface area contributed by atoms with Gasteiger partial charge in [-0.25, -0.2) is 4.79 Å². The van der Waals surface area contributed by atoms with Gasteiger partial charge in [0.05, 0.1) is 12.3 Å². The molecule has 0 aliphatic carbocycles. The summed E-state index contributed by atoms with van der Waals surface area (Å²) in [6, 6.07) is 7.88. The zero-order valence-corrected chi connectivity index (χ0v) is 11.4. The zero-order chi connectivity index (χ0) is 12.0. The summed E-state index contributed by atoms with van der Waals surface area (Å²) in [4.78, 5) is 11.2. The molecule has 0 fully saturated rings. The van der Waals surface area contributed by atoms with Gasteiger partial charge in [-0.05, 0) is 48.6 Å². The Balaban J connectivity index is 2.67. The number of hydrogen-bond acceptors (Lipinski definition) is 3. The molecule has 0 heterocycles. The fraction of sp³-hybridized carbons (Fsp3) is 0.250. The van der Waals surface area contributed by atoms with Gasteiger partial charge in [-0.2, -0.15) is 0 Å². The van der Waals surface area contributed by atoms with Crippen molar-refractivity contribution in [3.63, 3.8) is 0 Å². The number of esters is 1. The van der Waals surface area contributed by atoms with Crippen molar-refractivity contribution >= 4 is 34.2 Å². The van der Waals surface area contributed by atoms with E-state index in [0.29, 0.717) is 6.61 Å². The van der Waals surface area contributed by atoms with Crippen LogP contribution in [0, 0.1) is 3.57 Å². The van der Waals surface area contributed by atoms with Crippen LogP contribution in [0.4, 0.5) is 5.69 Å². The summed E-state index contributed by atoms with van der Waals surface area (Å²) in [6.07, 6.45) is 1.45. The standard InChI is InChI=1S/C12H14INO2/c1-3-16-12(15)8-9(2)14-11-7-5-4-6-10(11)13/h4-8,14H,3H2,1-2H3. The van der Waals surface area contributed by atoms with Crippen LogP contribution >= 0.6 is 22.6 Å². The second-order valence-corrected chi connectivity index (χ2v) is 4.35. The average molecular weight is 331 g/mol. The average Bonchev–Trinajstić information content (AvgIpc) is 2.21. The number of hydrogen-bond donors (Lipinski definition) is 1. The number of anilines is 1. The SMILES string of the molecule is CCOC(=O)C=C(C)Nc1ccccc1I. The van der Waals surface area contributed by atoms with Crippen molar-refractivity contribution in [3.8, 4) is 0 Å². The number of allylic oxidation sites excluding steroid dienone is 1. The van der Waals surface area contributed by atoms with E-state index in [1.807, 2.05) is 31.2 Å². The first-order chi connectivity index (χ1) is 7.63. The molecular formula is C12H14INO2. The number of para-hydroxylation sites is 1. The van der Waals surface area contributed by atoms with E-state index in [4.69, 9.17) is 4.74 Å². The van der Waals surface area contributed by atoms with Gasteiger partial charge in [0.25, 0.3) is 0 Å². The fourth-order valence-corrected chi connectivity index (χ4v) is 1.69. The van der Waals surface area contributed by atoms with Gasteiger partial charge in [0.2, 0.25) is 0 Å². The first-order valence-corrected chi connectivity index (χ1v) is 6.08. The van der Waals surface area contributed by atoms with Gasteiger partial charge in [0.1, 0.15) is 0 Å². The summed E-state index contributed by atoms with van der Waals surface area (Å²) >= 11 is 2.24. The molecular weight excluding hydrogens is 317 g/mol. The maximum Gasteiger partial charge on any atom is 0.332 e. The van der Waals surface area contributed by atoms with E-state index in [1.54, 1.807) is 6.92 Å². The first kappa shape index (κ1) is 13.0. The number of ether oxygens (including phenoxy) is 1. The molecule has 86 valence electrons. The quantitative estimate of drug-likeness (QED) is 0.523. The summed E-state index contributed by atoms with van der Waals surface area (Å²) < 4.78 is 5.93. The van der Waals surface area contributed by atoms with Crippen molar-refractivity contribution in [2.24, 2.45) is 0 Å². The molecule has 1 N–H and O–H groups in total. The molecule has 0 saturated heterocycles. The van der Waals surface area contributed by atoms with Crippen LogP contribution in [0.3, 0.4) is 0 Å². The lowest BCUT2D eigenvalue weighted by Gasteiger charge is -2.08. The predicted octanol–water partition coefficient (Wildman–Crippen LogP) is 3.17. The molecule has 0 bridgehead atoms. The number of carbonyl (C=O) groups is 1. The number of carbonyl (C=O) groups excluding carboxylic acids is 1. The first-order valence-electron chi connectivity index (χ1n) is 5.00. The van der Waals surface area contributed by atoms with Gasteiger partial charge in [-0.1, -0.05) is 12.1 Å². The van der Waals surface area contributed by atoms with E-state index in [9.17, 15) is 4.79 Å². The van der Waals surface area contributed by atoms with Crippen LogP contribution < -0.4 is 5.32 Å². The number of rotatable bonds is 4. The highest BCUT2D eigenvalue weighted by atomic mass is 127. The van der Waals surface area contributed by atoms with Gasteiger partial charge in [-0.15, -0.1) is 0 Å². The topological polar surface area (TPSA) is 38.3 Å². The second-order valence-electron chi connectivity index (χ2n) is 3.18. The van der Waals surface area contributed by atoms with Crippen LogP contribution in [0.1, 0.15) is 13.8 Å². The third-order valence-electron chi connectivity index (χ3n) is 1.83. The van der Waals surface area contributed by atoms with Crippen LogP contribution in [-0.4, -0.2) is 12.6 Å². The number of halogens is 1. The lowest BCUT2D eigenvalue weighted by molar-refractivity contribution is -0.137. The summed E-state index contributed by atoms with van der Waals surface area (Å²) in [5, 5.41) is 3.15. The highest BCUT2D eigenvalue weighted by Crippen LogP contribution is 2.18. The van der Waals surface area contributed by atoms with Crippen LogP contribution in [-0.2, 0) is 9.53 Å². The Morgan fingerprint density at radius 1 is 1.50 bits per heavy atom. The van der Waals surface area contributed by atoms with Crippen LogP contribution in [0.5, 0.6) is 0 Å². The van der Waals surface area contributed by atoms with Gasteiger partial charge in [-0.3, -0.25) is 0 Å². The Morgan fingerprint density at radius 2 is 2.19 bits per heavy atom.